The molecule has 0 saturated heterocycles. The van der Waals surface area contributed by atoms with Crippen molar-refractivity contribution in [1.29, 1.82) is 26.3 Å². The van der Waals surface area contributed by atoms with E-state index in [0.717, 1.165) is 0 Å². The minimum atomic E-state index is -4.92. The van der Waals surface area contributed by atoms with Gasteiger partial charge in [0.25, 0.3) is 0 Å². The van der Waals surface area contributed by atoms with Crippen LogP contribution in [0.5, 0.6) is 0 Å². The summed E-state index contributed by atoms with van der Waals surface area (Å²) >= 11 is 0. The molecule has 0 aliphatic rings. The van der Waals surface area contributed by atoms with Crippen molar-refractivity contribution in [3.8, 4) is 75.1 Å². The van der Waals surface area contributed by atoms with Crippen LogP contribution in [-0.2, 0) is 6.18 Å². The molecule has 64 heavy (non-hydrogen) atoms. The highest BCUT2D eigenvalue weighted by Crippen LogP contribution is 2.47. The molecule has 0 bridgehead atoms. The van der Waals surface area contributed by atoms with Gasteiger partial charge in [-0.1, -0.05) is 72.8 Å². The molecule has 0 unspecified atom stereocenters. The highest BCUT2D eigenvalue weighted by Gasteiger charge is 2.39. The van der Waals surface area contributed by atoms with Gasteiger partial charge in [0, 0.05) is 21.5 Å². The van der Waals surface area contributed by atoms with Gasteiger partial charge in [-0.2, -0.15) is 39.5 Å². The van der Waals surface area contributed by atoms with Crippen LogP contribution in [0, 0.1) is 56.7 Å². The fraction of sp³-hybridized carbons (Fsp3) is 0.0185. The summed E-state index contributed by atoms with van der Waals surface area (Å²) in [4.78, 5) is 0. The van der Waals surface area contributed by atoms with E-state index in [1.54, 1.807) is 106 Å². The van der Waals surface area contributed by atoms with Gasteiger partial charge in [0.15, 0.2) is 0 Å². The van der Waals surface area contributed by atoms with Crippen LogP contribution in [0.2, 0.25) is 0 Å². The van der Waals surface area contributed by atoms with Crippen LogP contribution in [-0.4, -0.2) is 9.13 Å². The van der Waals surface area contributed by atoms with Gasteiger partial charge in [0.2, 0.25) is 0 Å². The SMILES string of the molecule is N#Cc1cccc(-c2cc(-n3c4ccccc4c4cc(-c5ccc(C#N)cc5C#N)ccc43)c(C(F)(F)F)c(-n3c4ccccc4c4cc(-c5ccc(C#N)cc5C#N)ccc43)c2)c1. The van der Waals surface area contributed by atoms with E-state index in [1.165, 1.54) is 24.3 Å². The molecular weight excluding hydrogens is 804 g/mol. The van der Waals surface area contributed by atoms with E-state index < -0.39 is 11.7 Å². The van der Waals surface area contributed by atoms with Gasteiger partial charge < -0.3 is 9.13 Å². The fourth-order valence-electron chi connectivity index (χ4n) is 8.91. The third kappa shape index (κ3) is 6.17. The number of aromatic nitrogens is 2. The van der Waals surface area contributed by atoms with Crippen molar-refractivity contribution >= 4 is 43.6 Å². The third-order valence-electron chi connectivity index (χ3n) is 11.7. The Morgan fingerprint density at radius 3 is 1.27 bits per heavy atom. The lowest BCUT2D eigenvalue weighted by atomic mass is 9.96. The van der Waals surface area contributed by atoms with Crippen LogP contribution in [0.1, 0.15) is 33.4 Å². The van der Waals surface area contributed by atoms with Gasteiger partial charge >= 0.3 is 6.18 Å². The summed E-state index contributed by atoms with van der Waals surface area (Å²) in [7, 11) is 0. The molecule has 0 spiro atoms. The van der Waals surface area contributed by atoms with Gasteiger partial charge in [-0.3, -0.25) is 0 Å². The lowest BCUT2D eigenvalue weighted by molar-refractivity contribution is -0.137. The van der Waals surface area contributed by atoms with Gasteiger partial charge in [0.05, 0.1) is 91.6 Å². The van der Waals surface area contributed by atoms with Gasteiger partial charge in [-0.15, -0.1) is 0 Å². The van der Waals surface area contributed by atoms with Crippen LogP contribution in [0.3, 0.4) is 0 Å². The van der Waals surface area contributed by atoms with Crippen molar-refractivity contribution in [1.82, 2.24) is 9.13 Å². The Bertz CT molecular complexity index is 3640. The average molecular weight is 830 g/mol. The lowest BCUT2D eigenvalue weighted by Crippen LogP contribution is -2.16. The zero-order valence-corrected chi connectivity index (χ0v) is 33.3. The second-order valence-corrected chi connectivity index (χ2v) is 15.2. The predicted molar refractivity (Wildman–Crippen MR) is 240 cm³/mol. The maximum atomic E-state index is 16.4. The number of nitrogens with zero attached hydrogens (tertiary/aromatic N) is 7. The molecule has 0 aliphatic heterocycles. The van der Waals surface area contributed by atoms with E-state index in [4.69, 9.17) is 0 Å². The smallest absolute Gasteiger partial charge is 0.309 e. The molecule has 10 rings (SSSR count). The minimum absolute atomic E-state index is 0.142. The number of fused-ring (bicyclic) bond motifs is 6. The van der Waals surface area contributed by atoms with Crippen LogP contribution >= 0.6 is 0 Å². The van der Waals surface area contributed by atoms with Crippen molar-refractivity contribution in [3.63, 3.8) is 0 Å². The van der Waals surface area contributed by atoms with E-state index in [1.807, 2.05) is 36.4 Å². The fourth-order valence-corrected chi connectivity index (χ4v) is 8.91. The summed E-state index contributed by atoms with van der Waals surface area (Å²) in [6, 6.07) is 55.4. The van der Waals surface area contributed by atoms with E-state index in [-0.39, 0.29) is 11.4 Å². The molecule has 0 fully saturated rings. The molecule has 2 aromatic heterocycles. The van der Waals surface area contributed by atoms with Crippen LogP contribution < -0.4 is 0 Å². The largest absolute Gasteiger partial charge is 0.420 e. The maximum absolute atomic E-state index is 16.4. The molecule has 8 aromatic carbocycles. The standard InChI is InChI=1S/C54H26F3N7/c55-54(56,57)53-51(63-47-10-3-1-8-43(47)45-23-36(14-18-49(45)63)41-16-12-33(28-59)21-39(41)30-61)25-38(35-7-5-6-32(20-35)27-58)26-52(53)64-48-11-4-2-9-44(48)46-24-37(15-19-50(46)64)42-17-13-34(29-60)22-40(42)31-62/h1-26H. The summed E-state index contributed by atoms with van der Waals surface area (Å²) in [5.74, 6) is 0. The normalized spacial score (nSPS) is 11.3. The molecule has 10 heteroatoms. The first-order valence-corrected chi connectivity index (χ1v) is 19.9. The highest BCUT2D eigenvalue weighted by atomic mass is 19.4. The van der Waals surface area contributed by atoms with E-state index in [0.29, 0.717) is 105 Å². The van der Waals surface area contributed by atoms with Crippen LogP contribution in [0.4, 0.5) is 13.2 Å². The number of hydrogen-bond acceptors (Lipinski definition) is 5. The average Bonchev–Trinajstić information content (AvgIpc) is 3.84. The molecule has 2 heterocycles. The Morgan fingerprint density at radius 1 is 0.359 bits per heavy atom. The molecule has 0 N–H and O–H groups in total. The molecule has 0 atom stereocenters. The van der Waals surface area contributed by atoms with Gasteiger partial charge in [-0.05, 0) is 118 Å². The number of hydrogen-bond donors (Lipinski definition) is 0. The molecular formula is C54H26F3N7. The monoisotopic (exact) mass is 829 g/mol. The molecule has 0 aliphatic carbocycles. The zero-order chi connectivity index (χ0) is 44.3. The van der Waals surface area contributed by atoms with Gasteiger partial charge in [-0.25, -0.2) is 0 Å². The van der Waals surface area contributed by atoms with E-state index in [2.05, 4.69) is 30.3 Å². The van der Waals surface area contributed by atoms with Crippen molar-refractivity contribution in [2.75, 3.05) is 0 Å². The van der Waals surface area contributed by atoms with Crippen LogP contribution in [0.15, 0.2) is 158 Å². The maximum Gasteiger partial charge on any atom is 0.420 e. The molecule has 7 nitrogen and oxygen atoms in total. The second kappa shape index (κ2) is 14.9. The minimum Gasteiger partial charge on any atom is -0.309 e. The number of alkyl halides is 3. The highest BCUT2D eigenvalue weighted by molar-refractivity contribution is 6.12. The van der Waals surface area contributed by atoms with E-state index in [9.17, 15) is 26.3 Å². The Morgan fingerprint density at radius 2 is 0.812 bits per heavy atom. The molecule has 0 radical (unpaired) electrons. The number of para-hydroxylation sites is 2. The number of halogens is 3. The van der Waals surface area contributed by atoms with Crippen molar-refractivity contribution in [2.45, 2.75) is 6.18 Å². The topological polar surface area (TPSA) is 129 Å². The van der Waals surface area contributed by atoms with Gasteiger partial charge in [0.1, 0.15) is 5.56 Å². The van der Waals surface area contributed by atoms with Crippen molar-refractivity contribution in [3.05, 3.63) is 191 Å². The summed E-state index contributed by atoms with van der Waals surface area (Å²) in [5.41, 5.74) is 5.84. The van der Waals surface area contributed by atoms with E-state index >= 15 is 13.2 Å². The summed E-state index contributed by atoms with van der Waals surface area (Å²) in [6.07, 6.45) is -4.92. The Labute approximate surface area is 363 Å². The summed E-state index contributed by atoms with van der Waals surface area (Å²) in [6.45, 7) is 0. The Kier molecular flexibility index (Phi) is 9.06. The first-order valence-electron chi connectivity index (χ1n) is 19.9. The quantitative estimate of drug-likeness (QED) is 0.171. The first kappa shape index (κ1) is 38.8. The Balaban J connectivity index is 1.31. The lowest BCUT2D eigenvalue weighted by Gasteiger charge is -2.23. The Hall–Kier alpha value is -9.40. The predicted octanol–water partition coefficient (Wildman–Crippen LogP) is 13.3. The van der Waals surface area contributed by atoms with Crippen molar-refractivity contribution < 1.29 is 13.2 Å². The third-order valence-corrected chi connectivity index (χ3v) is 11.7. The molecule has 10 aromatic rings. The van der Waals surface area contributed by atoms with Crippen LogP contribution in [0.25, 0.3) is 88.4 Å². The molecule has 0 amide bonds. The van der Waals surface area contributed by atoms with Crippen molar-refractivity contribution in [2.24, 2.45) is 0 Å². The second-order valence-electron chi connectivity index (χ2n) is 15.2. The summed E-state index contributed by atoms with van der Waals surface area (Å²) < 4.78 is 52.5. The number of rotatable bonds is 5. The zero-order valence-electron chi connectivity index (χ0n) is 33.3. The molecule has 0 saturated carbocycles. The molecule has 298 valence electrons. The summed E-state index contributed by atoms with van der Waals surface area (Å²) in [5, 5.41) is 51.6. The number of benzene rings is 8. The number of nitriles is 5. The first-order chi connectivity index (χ1) is 31.1.